The molecule has 0 aliphatic carbocycles. The number of aliphatic imine (C=N–C) groups is 1. The molecule has 0 amide bonds. The Morgan fingerprint density at radius 3 is 2.78 bits per heavy atom. The van der Waals surface area contributed by atoms with Crippen LogP contribution in [0.1, 0.15) is 34.0 Å². The van der Waals surface area contributed by atoms with E-state index in [1.165, 1.54) is 18.4 Å². The first-order valence-corrected chi connectivity index (χ1v) is 9.61. The highest BCUT2D eigenvalue weighted by Crippen LogP contribution is 2.39. The van der Waals surface area contributed by atoms with Gasteiger partial charge in [0, 0.05) is 22.4 Å². The van der Waals surface area contributed by atoms with Crippen molar-refractivity contribution in [2.45, 2.75) is 13.0 Å². The van der Waals surface area contributed by atoms with Crippen molar-refractivity contribution < 1.29 is 19.4 Å². The van der Waals surface area contributed by atoms with Crippen LogP contribution in [0.3, 0.4) is 0 Å². The summed E-state index contributed by atoms with van der Waals surface area (Å²) in [6, 6.07) is 6.53. The summed E-state index contributed by atoms with van der Waals surface area (Å²) in [6.45, 7) is 1.81. The van der Waals surface area contributed by atoms with Crippen molar-refractivity contribution in [1.82, 2.24) is 9.55 Å². The molecule has 1 aliphatic rings. The van der Waals surface area contributed by atoms with Crippen molar-refractivity contribution in [2.75, 3.05) is 0 Å². The van der Waals surface area contributed by atoms with Crippen LogP contribution in [0, 0.1) is 24.1 Å². The molecule has 1 aliphatic heterocycles. The van der Waals surface area contributed by atoms with E-state index in [2.05, 4.69) is 9.98 Å². The Morgan fingerprint density at radius 1 is 1.38 bits per heavy atom. The predicted molar refractivity (Wildman–Crippen MR) is 116 cm³/mol. The number of aliphatic carboxylic acids is 1. The van der Waals surface area contributed by atoms with Gasteiger partial charge in [-0.3, -0.25) is 4.99 Å². The third-order valence-corrected chi connectivity index (χ3v) is 5.57. The van der Waals surface area contributed by atoms with E-state index in [-0.39, 0.29) is 16.8 Å². The van der Waals surface area contributed by atoms with Crippen molar-refractivity contribution >= 4 is 41.1 Å². The molecule has 2 aromatic carbocycles. The van der Waals surface area contributed by atoms with Crippen molar-refractivity contribution in [1.29, 1.82) is 5.26 Å². The van der Waals surface area contributed by atoms with Crippen LogP contribution >= 0.6 is 11.6 Å². The number of nitrogens with one attached hydrogen (secondary N) is 1. The Bertz CT molecular complexity index is 1450. The molecule has 8 nitrogen and oxygen atoms in total. The number of carbonyl (C=O) groups is 1. The van der Waals surface area contributed by atoms with Gasteiger partial charge in [0.2, 0.25) is 5.88 Å². The lowest BCUT2D eigenvalue weighted by molar-refractivity contribution is -0.139. The lowest BCUT2D eigenvalue weighted by Gasteiger charge is -2.15. The molecule has 2 heterocycles. The quantitative estimate of drug-likeness (QED) is 0.554. The van der Waals surface area contributed by atoms with Gasteiger partial charge in [-0.25, -0.2) is 18.5 Å². The lowest BCUT2D eigenvalue weighted by Crippen LogP contribution is -2.28. The summed E-state index contributed by atoms with van der Waals surface area (Å²) in [5.74, 6) is -3.08. The van der Waals surface area contributed by atoms with Gasteiger partial charge in [0.25, 0.3) is 0 Å². The number of nitriles is 1. The van der Waals surface area contributed by atoms with Crippen LogP contribution in [0.5, 0.6) is 5.88 Å². The topological polar surface area (TPSA) is 131 Å². The molecule has 1 atom stereocenters. The summed E-state index contributed by atoms with van der Waals surface area (Å²) in [4.78, 5) is 31.2. The number of hydrogen-bond acceptors (Lipinski definition) is 5. The number of aromatic hydroxyl groups is 1. The highest BCUT2D eigenvalue weighted by Gasteiger charge is 2.29. The summed E-state index contributed by atoms with van der Waals surface area (Å²) < 4.78 is 14.7. The Kier molecular flexibility index (Phi) is 5.16. The fourth-order valence-electron chi connectivity index (χ4n) is 3.54. The van der Waals surface area contributed by atoms with E-state index in [9.17, 15) is 24.2 Å². The predicted octanol–water partition coefficient (Wildman–Crippen LogP) is 3.79. The maximum Gasteiger partial charge on any atom is 0.331 e. The van der Waals surface area contributed by atoms with Crippen molar-refractivity contribution in [3.05, 3.63) is 79.6 Å². The molecule has 4 rings (SSSR count). The van der Waals surface area contributed by atoms with E-state index in [1.807, 2.05) is 6.92 Å². The number of nitrogens with zero attached hydrogens (tertiary/aromatic N) is 3. The second kappa shape index (κ2) is 7.83. The molecule has 0 bridgehead atoms. The van der Waals surface area contributed by atoms with Crippen LogP contribution in [0.2, 0.25) is 5.02 Å². The first kappa shape index (κ1) is 21.1. The molecule has 0 spiro atoms. The SMILES string of the molecule is Cc1c(Cl)ccc2c1N=C/C2=C\c1[nH]c(=O)n(C(C(=O)O)c2ccc(C#N)c(F)c2)c1O. The van der Waals surface area contributed by atoms with Crippen molar-refractivity contribution in [3.8, 4) is 11.9 Å². The summed E-state index contributed by atoms with van der Waals surface area (Å²) in [7, 11) is 0. The molecule has 3 aromatic rings. The maximum absolute atomic E-state index is 14.1. The Labute approximate surface area is 185 Å². The molecule has 3 N–H and O–H groups in total. The highest BCUT2D eigenvalue weighted by molar-refractivity contribution is 6.32. The molecule has 32 heavy (non-hydrogen) atoms. The lowest BCUT2D eigenvalue weighted by atomic mass is 10.0. The van der Waals surface area contributed by atoms with Crippen LogP contribution < -0.4 is 5.69 Å². The van der Waals surface area contributed by atoms with Gasteiger partial charge in [-0.1, -0.05) is 23.7 Å². The molecule has 0 saturated heterocycles. The number of carboxylic acids is 1. The Balaban J connectivity index is 1.81. The van der Waals surface area contributed by atoms with Gasteiger partial charge < -0.3 is 15.2 Å². The average Bonchev–Trinajstić information content (AvgIpc) is 3.27. The summed E-state index contributed by atoms with van der Waals surface area (Å²) in [5.41, 5.74) is 1.37. The van der Waals surface area contributed by atoms with E-state index >= 15 is 0 Å². The van der Waals surface area contributed by atoms with Gasteiger partial charge in [0.15, 0.2) is 6.04 Å². The number of allylic oxidation sites excluding steroid dienone is 1. The van der Waals surface area contributed by atoms with Crippen LogP contribution in [-0.4, -0.2) is 31.9 Å². The first-order valence-electron chi connectivity index (χ1n) is 9.24. The number of halogens is 2. The summed E-state index contributed by atoms with van der Waals surface area (Å²) >= 11 is 6.12. The minimum Gasteiger partial charge on any atom is -0.493 e. The molecule has 160 valence electrons. The van der Waals surface area contributed by atoms with Crippen LogP contribution in [0.15, 0.2) is 40.1 Å². The van der Waals surface area contributed by atoms with Crippen LogP contribution in [0.4, 0.5) is 10.1 Å². The molecule has 1 unspecified atom stereocenters. The van der Waals surface area contributed by atoms with E-state index in [1.54, 1.807) is 18.2 Å². The summed E-state index contributed by atoms with van der Waals surface area (Å²) in [6.07, 6.45) is 2.99. The largest absolute Gasteiger partial charge is 0.493 e. The van der Waals surface area contributed by atoms with Crippen LogP contribution in [0.25, 0.3) is 11.6 Å². The van der Waals surface area contributed by atoms with E-state index in [4.69, 9.17) is 16.9 Å². The molecular weight excluding hydrogens is 439 g/mol. The maximum atomic E-state index is 14.1. The molecule has 0 fully saturated rings. The van der Waals surface area contributed by atoms with Gasteiger partial charge in [0.05, 0.1) is 11.3 Å². The van der Waals surface area contributed by atoms with E-state index < -0.39 is 29.4 Å². The van der Waals surface area contributed by atoms with E-state index in [0.29, 0.717) is 20.9 Å². The number of aromatic amines is 1. The zero-order valence-electron chi connectivity index (χ0n) is 16.4. The second-order valence-corrected chi connectivity index (χ2v) is 7.46. The number of aromatic nitrogens is 2. The fraction of sp³-hybridized carbons (Fsp3) is 0.0909. The number of imidazole rings is 1. The minimum absolute atomic E-state index is 0.0442. The van der Waals surface area contributed by atoms with Gasteiger partial charge in [-0.15, -0.1) is 0 Å². The fourth-order valence-corrected chi connectivity index (χ4v) is 3.69. The van der Waals surface area contributed by atoms with Gasteiger partial charge in [-0.05, 0) is 42.3 Å². The smallest absolute Gasteiger partial charge is 0.331 e. The van der Waals surface area contributed by atoms with Gasteiger partial charge in [0.1, 0.15) is 17.6 Å². The molecule has 0 saturated carbocycles. The number of carboxylic acid groups (broad SMARTS) is 1. The van der Waals surface area contributed by atoms with Gasteiger partial charge in [-0.2, -0.15) is 5.26 Å². The second-order valence-electron chi connectivity index (χ2n) is 7.06. The number of benzene rings is 2. The number of fused-ring (bicyclic) bond motifs is 1. The molecule has 1 aromatic heterocycles. The highest BCUT2D eigenvalue weighted by atomic mass is 35.5. The first-order chi connectivity index (χ1) is 15.2. The molecule has 0 radical (unpaired) electrons. The minimum atomic E-state index is -1.72. The monoisotopic (exact) mass is 452 g/mol. The Hall–Kier alpha value is -4.16. The normalized spacial score (nSPS) is 14.4. The Morgan fingerprint density at radius 2 is 2.12 bits per heavy atom. The zero-order chi connectivity index (χ0) is 23.2. The molecular formula is C22H14ClFN4O4. The van der Waals surface area contributed by atoms with Crippen molar-refractivity contribution in [3.63, 3.8) is 0 Å². The standard InChI is InChI=1S/C22H14ClFN4O4/c1-10-15(23)5-4-14-13(9-26-18(10)14)7-17-20(29)28(22(32)27-17)19(21(30)31)11-2-3-12(8-25)16(24)6-11/h2-7,9,19,29H,1H3,(H,27,32)(H,30,31)/b13-7+. The van der Waals surface area contributed by atoms with Gasteiger partial charge >= 0.3 is 11.7 Å². The molecule has 10 heteroatoms. The van der Waals surface area contributed by atoms with Crippen LogP contribution in [-0.2, 0) is 4.79 Å². The van der Waals surface area contributed by atoms with E-state index in [0.717, 1.165) is 23.3 Å². The number of rotatable bonds is 4. The third-order valence-electron chi connectivity index (χ3n) is 5.16. The number of hydrogen-bond donors (Lipinski definition) is 3. The number of H-pyrrole nitrogens is 1. The average molecular weight is 453 g/mol. The summed E-state index contributed by atoms with van der Waals surface area (Å²) in [5, 5.41) is 29.8. The third kappa shape index (κ3) is 3.36. The zero-order valence-corrected chi connectivity index (χ0v) is 17.2. The van der Waals surface area contributed by atoms with Crippen molar-refractivity contribution in [2.24, 2.45) is 4.99 Å².